The highest BCUT2D eigenvalue weighted by atomic mass is 35.5. The van der Waals surface area contributed by atoms with Crippen LogP contribution in [0, 0.1) is 6.92 Å². The molecule has 114 valence electrons. The van der Waals surface area contributed by atoms with Crippen LogP contribution in [0.1, 0.15) is 11.3 Å². The molecular weight excluding hydrogens is 320 g/mol. The largest absolute Gasteiger partial charge is 0.497 e. The smallest absolute Gasteiger partial charge is 0.262 e. The van der Waals surface area contributed by atoms with Crippen LogP contribution >= 0.6 is 22.9 Å². The van der Waals surface area contributed by atoms with Gasteiger partial charge in [0.15, 0.2) is 4.96 Å². The maximum atomic E-state index is 12.8. The summed E-state index contributed by atoms with van der Waals surface area (Å²) in [6.45, 7) is 1.86. The van der Waals surface area contributed by atoms with Crippen LogP contribution in [0.25, 0.3) is 16.2 Å². The fraction of sp³-hybridized carbons (Fsp3) is 0.250. The van der Waals surface area contributed by atoms with Crippen molar-refractivity contribution in [3.63, 3.8) is 0 Å². The van der Waals surface area contributed by atoms with Crippen LogP contribution in [0.3, 0.4) is 0 Å². The van der Waals surface area contributed by atoms with Crippen molar-refractivity contribution in [3.05, 3.63) is 51.3 Å². The van der Waals surface area contributed by atoms with E-state index in [1.54, 1.807) is 11.5 Å². The van der Waals surface area contributed by atoms with E-state index < -0.39 is 0 Å². The highest BCUT2D eigenvalue weighted by Crippen LogP contribution is 2.26. The molecule has 0 saturated heterocycles. The summed E-state index contributed by atoms with van der Waals surface area (Å²) in [5, 5.41) is 1.95. The Morgan fingerprint density at radius 1 is 1.32 bits per heavy atom. The average molecular weight is 335 g/mol. The third kappa shape index (κ3) is 2.51. The third-order valence-electron chi connectivity index (χ3n) is 3.60. The minimum absolute atomic E-state index is 0.0322. The Kier molecular flexibility index (Phi) is 4.18. The molecule has 3 aromatic rings. The molecule has 0 bridgehead atoms. The number of methoxy groups -OCH3 is 1. The Morgan fingerprint density at radius 3 is 2.68 bits per heavy atom. The average Bonchev–Trinajstić information content (AvgIpc) is 2.95. The Morgan fingerprint density at radius 2 is 2.05 bits per heavy atom. The van der Waals surface area contributed by atoms with Crippen LogP contribution in [-0.4, -0.2) is 22.4 Å². The predicted molar refractivity (Wildman–Crippen MR) is 90.5 cm³/mol. The van der Waals surface area contributed by atoms with Gasteiger partial charge in [0, 0.05) is 22.5 Å². The van der Waals surface area contributed by atoms with Gasteiger partial charge in [-0.3, -0.25) is 9.20 Å². The summed E-state index contributed by atoms with van der Waals surface area (Å²) in [5.74, 6) is 1.19. The van der Waals surface area contributed by atoms with Crippen LogP contribution in [0.5, 0.6) is 5.75 Å². The minimum Gasteiger partial charge on any atom is -0.497 e. The number of thiazole rings is 1. The van der Waals surface area contributed by atoms with Gasteiger partial charge in [-0.25, -0.2) is 4.98 Å². The second-order valence-electron chi connectivity index (χ2n) is 4.89. The summed E-state index contributed by atoms with van der Waals surface area (Å²) < 4.78 is 6.84. The first-order valence-electron chi connectivity index (χ1n) is 6.86. The lowest BCUT2D eigenvalue weighted by Crippen LogP contribution is -2.21. The van der Waals surface area contributed by atoms with Gasteiger partial charge in [0.2, 0.25) is 0 Å². The minimum atomic E-state index is -0.0322. The Bertz CT molecular complexity index is 868. The first-order valence-corrected chi connectivity index (χ1v) is 8.27. The SMILES string of the molecule is COc1ccc(-c2csc3nc(C)c(CCCl)c(=O)n23)cc1. The maximum absolute atomic E-state index is 12.8. The lowest BCUT2D eigenvalue weighted by molar-refractivity contribution is 0.415. The maximum Gasteiger partial charge on any atom is 0.262 e. The number of aryl methyl sites for hydroxylation is 1. The van der Waals surface area contributed by atoms with Gasteiger partial charge in [-0.05, 0) is 43.2 Å². The quantitative estimate of drug-likeness (QED) is 0.686. The topological polar surface area (TPSA) is 43.6 Å². The highest BCUT2D eigenvalue weighted by molar-refractivity contribution is 7.15. The summed E-state index contributed by atoms with van der Waals surface area (Å²) in [4.78, 5) is 18.0. The molecule has 22 heavy (non-hydrogen) atoms. The van der Waals surface area contributed by atoms with Crippen molar-refractivity contribution < 1.29 is 4.74 Å². The fourth-order valence-electron chi connectivity index (χ4n) is 2.43. The molecule has 2 aromatic heterocycles. The number of fused-ring (bicyclic) bond motifs is 1. The van der Waals surface area contributed by atoms with E-state index in [9.17, 15) is 4.79 Å². The molecule has 2 heterocycles. The van der Waals surface area contributed by atoms with Crippen molar-refractivity contribution in [3.8, 4) is 17.0 Å². The first kappa shape index (κ1) is 15.1. The summed E-state index contributed by atoms with van der Waals surface area (Å²) in [6, 6.07) is 7.64. The van der Waals surface area contributed by atoms with Crippen LogP contribution in [0.4, 0.5) is 0 Å². The molecule has 0 N–H and O–H groups in total. The van der Waals surface area contributed by atoms with Gasteiger partial charge in [-0.2, -0.15) is 0 Å². The Labute approximate surface area is 137 Å². The molecule has 6 heteroatoms. The molecule has 0 amide bonds. The Balaban J connectivity index is 2.22. The molecule has 0 aliphatic rings. The zero-order valence-corrected chi connectivity index (χ0v) is 13.9. The van der Waals surface area contributed by atoms with Crippen LogP contribution < -0.4 is 10.3 Å². The molecule has 0 aliphatic heterocycles. The van der Waals surface area contributed by atoms with Crippen LogP contribution in [-0.2, 0) is 6.42 Å². The number of rotatable bonds is 4. The number of ether oxygens (including phenoxy) is 1. The van der Waals surface area contributed by atoms with E-state index in [0.717, 1.165) is 22.7 Å². The van der Waals surface area contributed by atoms with Crippen molar-refractivity contribution in [1.82, 2.24) is 9.38 Å². The van der Waals surface area contributed by atoms with E-state index in [4.69, 9.17) is 16.3 Å². The molecule has 3 rings (SSSR count). The monoisotopic (exact) mass is 334 g/mol. The standard InChI is InChI=1S/C16H15ClN2O2S/c1-10-13(7-8-17)15(20)19-14(9-22-16(19)18-10)11-3-5-12(21-2)6-4-11/h3-6,9H,7-8H2,1-2H3. The van der Waals surface area contributed by atoms with Gasteiger partial charge in [0.1, 0.15) is 5.75 Å². The molecule has 0 fully saturated rings. The molecule has 0 saturated carbocycles. The van der Waals surface area contributed by atoms with Crippen LogP contribution in [0.2, 0.25) is 0 Å². The normalized spacial score (nSPS) is 11.0. The Hall–Kier alpha value is -1.85. The summed E-state index contributed by atoms with van der Waals surface area (Å²) >= 11 is 7.27. The van der Waals surface area contributed by atoms with E-state index in [1.807, 2.05) is 36.6 Å². The van der Waals surface area contributed by atoms with E-state index in [2.05, 4.69) is 4.98 Å². The second-order valence-corrected chi connectivity index (χ2v) is 6.10. The number of alkyl halides is 1. The van der Waals surface area contributed by atoms with Gasteiger partial charge in [-0.1, -0.05) is 0 Å². The molecule has 0 atom stereocenters. The highest BCUT2D eigenvalue weighted by Gasteiger charge is 2.14. The van der Waals surface area contributed by atoms with Gasteiger partial charge in [0.25, 0.3) is 5.56 Å². The summed E-state index contributed by atoms with van der Waals surface area (Å²) in [5.41, 5.74) is 3.21. The molecule has 0 unspecified atom stereocenters. The van der Waals surface area contributed by atoms with Crippen molar-refractivity contribution in [2.75, 3.05) is 13.0 Å². The third-order valence-corrected chi connectivity index (χ3v) is 4.61. The van der Waals surface area contributed by atoms with Crippen molar-refractivity contribution in [2.45, 2.75) is 13.3 Å². The van der Waals surface area contributed by atoms with Gasteiger partial charge >= 0.3 is 0 Å². The van der Waals surface area contributed by atoms with Crippen molar-refractivity contribution >= 4 is 27.9 Å². The van der Waals surface area contributed by atoms with Gasteiger partial charge < -0.3 is 4.74 Å². The van der Waals surface area contributed by atoms with Crippen LogP contribution in [0.15, 0.2) is 34.4 Å². The zero-order chi connectivity index (χ0) is 15.7. The lowest BCUT2D eigenvalue weighted by Gasteiger charge is -2.07. The molecule has 0 aliphatic carbocycles. The number of halogens is 1. The second kappa shape index (κ2) is 6.10. The number of hydrogen-bond acceptors (Lipinski definition) is 4. The zero-order valence-electron chi connectivity index (χ0n) is 12.3. The molecule has 0 spiro atoms. The number of hydrogen-bond donors (Lipinski definition) is 0. The summed E-state index contributed by atoms with van der Waals surface area (Å²) in [7, 11) is 1.63. The predicted octanol–water partition coefficient (Wildman–Crippen LogP) is 3.52. The van der Waals surface area contributed by atoms with E-state index in [1.165, 1.54) is 11.3 Å². The van der Waals surface area contributed by atoms with Crippen molar-refractivity contribution in [1.29, 1.82) is 0 Å². The number of benzene rings is 1. The number of aromatic nitrogens is 2. The van der Waals surface area contributed by atoms with Gasteiger partial charge in [0.05, 0.1) is 12.8 Å². The lowest BCUT2D eigenvalue weighted by atomic mass is 10.1. The van der Waals surface area contributed by atoms with E-state index >= 15 is 0 Å². The molecule has 0 radical (unpaired) electrons. The van der Waals surface area contributed by atoms with Gasteiger partial charge in [-0.15, -0.1) is 22.9 Å². The van der Waals surface area contributed by atoms with Crippen molar-refractivity contribution in [2.24, 2.45) is 0 Å². The first-order chi connectivity index (χ1) is 10.7. The fourth-order valence-corrected chi connectivity index (χ4v) is 3.56. The van der Waals surface area contributed by atoms with E-state index in [0.29, 0.717) is 22.8 Å². The molecule has 4 nitrogen and oxygen atoms in total. The number of nitrogens with zero attached hydrogens (tertiary/aromatic N) is 2. The molecular formula is C16H15ClN2O2S. The summed E-state index contributed by atoms with van der Waals surface area (Å²) in [6.07, 6.45) is 0.528. The molecule has 1 aromatic carbocycles. The van der Waals surface area contributed by atoms with E-state index in [-0.39, 0.29) is 5.56 Å².